The summed E-state index contributed by atoms with van der Waals surface area (Å²) in [5, 5.41) is 7.54. The number of likely N-dealkylation sites (tertiary alicyclic amines) is 1. The Morgan fingerprint density at radius 3 is 2.94 bits per heavy atom. The molecule has 1 N–H and O–H groups in total. The molecule has 2 aliphatic rings. The third-order valence-corrected chi connectivity index (χ3v) is 3.59. The van der Waals surface area contributed by atoms with Gasteiger partial charge in [-0.1, -0.05) is 0 Å². The van der Waals surface area contributed by atoms with Crippen molar-refractivity contribution in [3.63, 3.8) is 0 Å². The highest BCUT2D eigenvalue weighted by Crippen LogP contribution is 2.23. The van der Waals surface area contributed by atoms with E-state index < -0.39 is 0 Å². The molecule has 0 aromatic carbocycles. The van der Waals surface area contributed by atoms with Crippen molar-refractivity contribution in [2.24, 2.45) is 7.05 Å². The fourth-order valence-electron chi connectivity index (χ4n) is 2.34. The summed E-state index contributed by atoms with van der Waals surface area (Å²) in [5.41, 5.74) is 1.09. The van der Waals surface area contributed by atoms with Crippen LogP contribution in [0.25, 0.3) is 0 Å². The molecule has 1 amide bonds. The topological polar surface area (TPSA) is 50.2 Å². The average Bonchev–Trinajstić information content (AvgIpc) is 2.96. The van der Waals surface area contributed by atoms with Crippen molar-refractivity contribution >= 4 is 5.91 Å². The number of aromatic nitrogens is 2. The van der Waals surface area contributed by atoms with Crippen molar-refractivity contribution in [1.82, 2.24) is 20.0 Å². The van der Waals surface area contributed by atoms with Gasteiger partial charge in [-0.2, -0.15) is 5.10 Å². The van der Waals surface area contributed by atoms with Crippen molar-refractivity contribution in [1.29, 1.82) is 0 Å². The fraction of sp³-hybridized carbons (Fsp3) is 0.667. The Morgan fingerprint density at radius 2 is 2.29 bits per heavy atom. The first-order valence-corrected chi connectivity index (χ1v) is 6.26. The Hall–Kier alpha value is -1.36. The van der Waals surface area contributed by atoms with Gasteiger partial charge in [0.05, 0.1) is 18.3 Å². The normalized spacial score (nSPS) is 24.6. The highest BCUT2D eigenvalue weighted by atomic mass is 16.2. The van der Waals surface area contributed by atoms with Crippen molar-refractivity contribution in [3.8, 4) is 0 Å². The molecule has 92 valence electrons. The first-order valence-electron chi connectivity index (χ1n) is 6.26. The van der Waals surface area contributed by atoms with E-state index in [0.717, 1.165) is 18.7 Å². The summed E-state index contributed by atoms with van der Waals surface area (Å²) in [7, 11) is 1.91. The third-order valence-electron chi connectivity index (χ3n) is 3.59. The summed E-state index contributed by atoms with van der Waals surface area (Å²) >= 11 is 0. The van der Waals surface area contributed by atoms with Crippen molar-refractivity contribution < 1.29 is 4.79 Å². The van der Waals surface area contributed by atoms with E-state index in [4.69, 9.17) is 0 Å². The van der Waals surface area contributed by atoms with Gasteiger partial charge in [-0.15, -0.1) is 0 Å². The molecule has 3 rings (SSSR count). The van der Waals surface area contributed by atoms with Gasteiger partial charge in [0.15, 0.2) is 0 Å². The Morgan fingerprint density at radius 1 is 1.47 bits per heavy atom. The van der Waals surface area contributed by atoms with Gasteiger partial charge in [0.1, 0.15) is 0 Å². The number of rotatable bonds is 4. The Kier molecular flexibility index (Phi) is 2.63. The minimum atomic E-state index is 0.0516. The van der Waals surface area contributed by atoms with E-state index in [2.05, 4.69) is 10.4 Å². The molecule has 1 unspecified atom stereocenters. The van der Waals surface area contributed by atoms with E-state index in [1.54, 1.807) is 6.20 Å². The largest absolute Gasteiger partial charge is 0.335 e. The van der Waals surface area contributed by atoms with Gasteiger partial charge in [-0.25, -0.2) is 0 Å². The Bertz CT molecular complexity index is 424. The molecule has 1 saturated carbocycles. The van der Waals surface area contributed by atoms with E-state index >= 15 is 0 Å². The molecule has 1 aromatic heterocycles. The lowest BCUT2D eigenvalue weighted by molar-refractivity contribution is -0.130. The number of nitrogens with one attached hydrogen (secondary N) is 1. The first-order chi connectivity index (χ1) is 8.24. The van der Waals surface area contributed by atoms with Gasteiger partial charge < -0.3 is 10.2 Å². The summed E-state index contributed by atoms with van der Waals surface area (Å²) in [6.45, 7) is 1.53. The van der Waals surface area contributed by atoms with Crippen LogP contribution in [0.3, 0.4) is 0 Å². The molecule has 17 heavy (non-hydrogen) atoms. The maximum Gasteiger partial charge on any atom is 0.240 e. The van der Waals surface area contributed by atoms with Gasteiger partial charge in [0, 0.05) is 25.8 Å². The van der Waals surface area contributed by atoms with Crippen LogP contribution in [-0.2, 0) is 18.4 Å². The molecule has 0 spiro atoms. The van der Waals surface area contributed by atoms with Crippen molar-refractivity contribution in [2.75, 3.05) is 6.54 Å². The quantitative estimate of drug-likeness (QED) is 0.813. The van der Waals surface area contributed by atoms with Gasteiger partial charge >= 0.3 is 0 Å². The standard InChI is InChI=1S/C12H18N4O/c1-15-10(4-6-13-15)8-16-7-5-11(12(16)17)14-9-2-3-9/h4,6,9,11,14H,2-3,5,7-8H2,1H3. The summed E-state index contributed by atoms with van der Waals surface area (Å²) in [4.78, 5) is 14.1. The summed E-state index contributed by atoms with van der Waals surface area (Å²) in [6, 6.07) is 2.62. The van der Waals surface area contributed by atoms with E-state index in [1.807, 2.05) is 22.7 Å². The van der Waals surface area contributed by atoms with E-state index in [0.29, 0.717) is 12.6 Å². The third kappa shape index (κ3) is 2.20. The van der Waals surface area contributed by atoms with Crippen LogP contribution in [0.4, 0.5) is 0 Å². The summed E-state index contributed by atoms with van der Waals surface area (Å²) < 4.78 is 1.83. The van der Waals surface area contributed by atoms with Crippen LogP contribution < -0.4 is 5.32 Å². The number of hydrogen-bond donors (Lipinski definition) is 1. The van der Waals surface area contributed by atoms with Crippen LogP contribution in [0, 0.1) is 0 Å². The molecule has 1 aromatic rings. The molecule has 2 fully saturated rings. The monoisotopic (exact) mass is 234 g/mol. The highest BCUT2D eigenvalue weighted by molar-refractivity contribution is 5.84. The van der Waals surface area contributed by atoms with Gasteiger partial charge in [-0.3, -0.25) is 9.48 Å². The first kappa shape index (κ1) is 10.8. The molecule has 1 aliphatic heterocycles. The summed E-state index contributed by atoms with van der Waals surface area (Å²) in [6.07, 6.45) is 5.17. The molecule has 2 heterocycles. The minimum absolute atomic E-state index is 0.0516. The van der Waals surface area contributed by atoms with Gasteiger partial charge in [0.25, 0.3) is 0 Å². The zero-order chi connectivity index (χ0) is 11.8. The zero-order valence-corrected chi connectivity index (χ0v) is 10.1. The fourth-order valence-corrected chi connectivity index (χ4v) is 2.34. The van der Waals surface area contributed by atoms with Crippen LogP contribution in [0.1, 0.15) is 25.0 Å². The lowest BCUT2D eigenvalue weighted by Gasteiger charge is -2.17. The van der Waals surface area contributed by atoms with Crippen molar-refractivity contribution in [3.05, 3.63) is 18.0 Å². The van der Waals surface area contributed by atoms with Crippen LogP contribution >= 0.6 is 0 Å². The molecule has 0 bridgehead atoms. The molecule has 5 nitrogen and oxygen atoms in total. The number of hydrogen-bond acceptors (Lipinski definition) is 3. The zero-order valence-electron chi connectivity index (χ0n) is 10.1. The van der Waals surface area contributed by atoms with Crippen LogP contribution in [0.2, 0.25) is 0 Å². The predicted molar refractivity (Wildman–Crippen MR) is 63.2 cm³/mol. The molecule has 5 heteroatoms. The van der Waals surface area contributed by atoms with Gasteiger partial charge in [0.2, 0.25) is 5.91 Å². The summed E-state index contributed by atoms with van der Waals surface area (Å²) in [5.74, 6) is 0.248. The lowest BCUT2D eigenvalue weighted by atomic mass is 10.2. The lowest BCUT2D eigenvalue weighted by Crippen LogP contribution is -2.39. The molecular weight excluding hydrogens is 216 g/mol. The number of aryl methyl sites for hydroxylation is 1. The maximum absolute atomic E-state index is 12.1. The minimum Gasteiger partial charge on any atom is -0.335 e. The smallest absolute Gasteiger partial charge is 0.240 e. The van der Waals surface area contributed by atoms with E-state index in [-0.39, 0.29) is 11.9 Å². The van der Waals surface area contributed by atoms with Crippen LogP contribution in [0.15, 0.2) is 12.3 Å². The van der Waals surface area contributed by atoms with E-state index in [1.165, 1.54) is 12.8 Å². The molecular formula is C12H18N4O. The number of carbonyl (C=O) groups excluding carboxylic acids is 1. The Labute approximate surface area is 101 Å². The van der Waals surface area contributed by atoms with Gasteiger partial charge in [-0.05, 0) is 25.3 Å². The average molecular weight is 234 g/mol. The molecule has 1 aliphatic carbocycles. The second kappa shape index (κ2) is 4.14. The number of amides is 1. The Balaban J connectivity index is 1.61. The van der Waals surface area contributed by atoms with Crippen LogP contribution in [0.5, 0.6) is 0 Å². The molecule has 1 atom stereocenters. The number of nitrogens with zero attached hydrogens (tertiary/aromatic N) is 3. The van der Waals surface area contributed by atoms with Crippen LogP contribution in [-0.4, -0.2) is 39.2 Å². The molecule has 0 radical (unpaired) electrons. The second-order valence-corrected chi connectivity index (χ2v) is 4.99. The van der Waals surface area contributed by atoms with Crippen molar-refractivity contribution in [2.45, 2.75) is 37.9 Å². The maximum atomic E-state index is 12.1. The SMILES string of the molecule is Cn1nccc1CN1CCC(NC2CC2)C1=O. The predicted octanol–water partition coefficient (Wildman–Crippen LogP) is 0.273. The highest BCUT2D eigenvalue weighted by Gasteiger charge is 2.35. The van der Waals surface area contributed by atoms with E-state index in [9.17, 15) is 4.79 Å². The number of carbonyl (C=O) groups is 1. The molecule has 1 saturated heterocycles. The second-order valence-electron chi connectivity index (χ2n) is 4.99.